The van der Waals surface area contributed by atoms with Gasteiger partial charge in [0.1, 0.15) is 5.78 Å². The quantitative estimate of drug-likeness (QED) is 0.0989. The molecule has 0 aromatic carbocycles. The molecule has 0 unspecified atom stereocenters. The molecule has 90 heavy (non-hydrogen) atoms. The van der Waals surface area contributed by atoms with Gasteiger partial charge in [-0.2, -0.15) is 0 Å². The number of likely N-dealkylation sites (tertiary alicyclic amines) is 2. The molecule has 0 saturated carbocycles. The average Bonchev–Trinajstić information content (AvgIpc) is 3.65. The maximum Gasteiger partial charge on any atom is 0.243 e. The highest BCUT2D eigenvalue weighted by atomic mass is 16.7. The Labute approximate surface area is 563 Å². The second kappa shape index (κ2) is 42.2. The predicted octanol–water partition coefficient (Wildman–Crippen LogP) is 22.1. The molecule has 0 spiro atoms. The molecule has 4 N–H and O–H groups in total. The van der Waals surface area contributed by atoms with E-state index >= 15 is 0 Å². The number of rotatable bonds is 18. The van der Waals surface area contributed by atoms with Crippen molar-refractivity contribution in [3.63, 3.8) is 0 Å². The summed E-state index contributed by atoms with van der Waals surface area (Å²) in [6.45, 7) is 97.8. The topological polar surface area (TPSA) is 116 Å². The van der Waals surface area contributed by atoms with Crippen LogP contribution >= 0.6 is 0 Å². The lowest BCUT2D eigenvalue weighted by molar-refractivity contribution is -0.146. The van der Waals surface area contributed by atoms with Gasteiger partial charge >= 0.3 is 0 Å². The highest BCUT2D eigenvalue weighted by molar-refractivity contribution is 5.79. The van der Waals surface area contributed by atoms with Crippen LogP contribution in [0.2, 0.25) is 0 Å². The number of nitrogens with one attached hydrogen (secondary N) is 4. The first-order valence-corrected chi connectivity index (χ1v) is 34.3. The SMILES string of the molecule is C.C=C(CC(C)(C)C)N1CCCC1.C=C(CC(C)(C)C)N1CCCCC1.C=C(CC(C)(C)C)NC(C)(C)C.C=C(CC(C)(C)C)NC1COC1.C=C(CC(C)(C)C)NOC(C)(C)C.CC(C)(C)CCC(=O)CC(C)(C)C.CC(C)(C)CCC(=O)NOC(C)(C)C. The van der Waals surface area contributed by atoms with Crippen LogP contribution in [0, 0.1) is 43.3 Å². The molecule has 11 heteroatoms. The van der Waals surface area contributed by atoms with Crippen LogP contribution in [0.15, 0.2) is 61.4 Å². The van der Waals surface area contributed by atoms with E-state index in [1.165, 1.54) is 69.7 Å². The Morgan fingerprint density at radius 3 is 1.01 bits per heavy atom. The summed E-state index contributed by atoms with van der Waals surface area (Å²) in [6, 6.07) is 0.514. The van der Waals surface area contributed by atoms with Crippen molar-refractivity contribution in [2.75, 3.05) is 39.4 Å². The van der Waals surface area contributed by atoms with Crippen molar-refractivity contribution in [2.45, 2.75) is 355 Å². The number of hydrogen-bond donors (Lipinski definition) is 4. The van der Waals surface area contributed by atoms with Gasteiger partial charge < -0.3 is 25.2 Å². The molecule has 11 nitrogen and oxygen atoms in total. The summed E-state index contributed by atoms with van der Waals surface area (Å²) in [5, 5.41) is 6.73. The molecule has 3 fully saturated rings. The Morgan fingerprint density at radius 1 is 0.400 bits per heavy atom. The van der Waals surface area contributed by atoms with Crippen molar-refractivity contribution >= 4 is 11.7 Å². The Balaban J connectivity index is -0.000000312. The number of nitrogens with zero attached hydrogens (tertiary/aromatic N) is 2. The summed E-state index contributed by atoms with van der Waals surface area (Å²) in [5.41, 5.74) is 13.2. The fraction of sp³-hybridized carbons (Fsp3) is 0.848. The first kappa shape index (κ1) is 95.4. The maximum absolute atomic E-state index is 11.5. The molecule has 3 heterocycles. The van der Waals surface area contributed by atoms with Gasteiger partial charge in [-0.25, -0.2) is 5.48 Å². The van der Waals surface area contributed by atoms with Gasteiger partial charge in [-0.1, -0.05) is 206 Å². The van der Waals surface area contributed by atoms with E-state index in [-0.39, 0.29) is 51.7 Å². The van der Waals surface area contributed by atoms with Crippen LogP contribution in [-0.2, 0) is 24.0 Å². The number of ether oxygens (including phenoxy) is 1. The first-order valence-electron chi connectivity index (χ1n) is 34.3. The molecule has 3 aliphatic rings. The third-order valence-corrected chi connectivity index (χ3v) is 12.6. The smallest absolute Gasteiger partial charge is 0.243 e. The molecule has 0 aromatic rings. The minimum absolute atomic E-state index is 0. The number of Topliss-reactive ketones (excluding diaryl/α,β-unsaturated/α-hetero) is 1. The van der Waals surface area contributed by atoms with E-state index in [9.17, 15) is 9.59 Å². The molecule has 0 atom stereocenters. The number of ketones is 1. The van der Waals surface area contributed by atoms with Crippen molar-refractivity contribution in [1.82, 2.24) is 31.4 Å². The molecule has 0 aromatic heterocycles. The highest BCUT2D eigenvalue weighted by Crippen LogP contribution is 2.30. The van der Waals surface area contributed by atoms with Crippen molar-refractivity contribution in [3.05, 3.63) is 61.4 Å². The van der Waals surface area contributed by atoms with Crippen LogP contribution in [0.1, 0.15) is 332 Å². The standard InChI is InChI=1S/C12H23N.C12H24O.C11H23NO2.C11H23NO.C11H21N.C11H23N.C10H19NO.CH4/c1-11(10-12(2,3)4)13-8-6-5-7-9-13;1-11(2,3)8-7-10(13)9-12(4,5)6;1-10(2,3)8-7-9(13)12-14-11(4,5)6;1-9(8-10(2,3)4)12-13-11(5,6)7;1-10(9-11(2,3)4)12-7-5-6-8-12;1-9(8-10(2,3)4)12-11(5,6)7;1-8(5-10(2,3)4)11-9-6-12-7-9;/h1,5-10H2,2-4H3;7-9H2,1-6H3;7-8H2,1-6H3,(H,12,13);12H,1,8H2,2-7H3;1,5-9H2,2-4H3;12H,1,8H2,2-7H3;9,11H,1,5-7H2,2-4H3;1H4. The summed E-state index contributed by atoms with van der Waals surface area (Å²) in [4.78, 5) is 38.3. The molecule has 3 aliphatic heterocycles. The third-order valence-electron chi connectivity index (χ3n) is 12.6. The normalized spacial score (nSPS) is 15.1. The Bertz CT molecular complexity index is 1910. The van der Waals surface area contributed by atoms with E-state index in [4.69, 9.17) is 14.4 Å². The van der Waals surface area contributed by atoms with Crippen molar-refractivity contribution in [1.29, 1.82) is 0 Å². The van der Waals surface area contributed by atoms with E-state index in [1.807, 2.05) is 41.5 Å². The van der Waals surface area contributed by atoms with Crippen molar-refractivity contribution < 1.29 is 24.0 Å². The Hall–Kier alpha value is -3.28. The largest absolute Gasteiger partial charge is 0.384 e. The van der Waals surface area contributed by atoms with Gasteiger partial charge in [0.15, 0.2) is 0 Å². The molecule has 1 amide bonds. The van der Waals surface area contributed by atoms with E-state index in [2.05, 4.69) is 251 Å². The summed E-state index contributed by atoms with van der Waals surface area (Å²) in [6.07, 6.45) is 15.9. The number of amides is 1. The third kappa shape index (κ3) is 75.4. The van der Waals surface area contributed by atoms with Gasteiger partial charge in [0.05, 0.1) is 30.5 Å². The van der Waals surface area contributed by atoms with Crippen molar-refractivity contribution in [2.24, 2.45) is 43.3 Å². The molecular weight excluding hydrogens is 1110 g/mol. The zero-order valence-corrected chi connectivity index (χ0v) is 65.9. The highest BCUT2D eigenvalue weighted by Gasteiger charge is 2.24. The number of piperidine rings is 1. The lowest BCUT2D eigenvalue weighted by Gasteiger charge is -2.33. The molecule has 0 aliphatic carbocycles. The maximum atomic E-state index is 11.5. The molecule has 0 bridgehead atoms. The number of hydroxylamine groups is 2. The first-order chi connectivity index (χ1) is 39.4. The monoisotopic (exact) mass is 1270 g/mol. The molecular formula is C79H160N6O5. The number of carbonyl (C=O) groups is 2. The van der Waals surface area contributed by atoms with E-state index < -0.39 is 0 Å². The zero-order valence-electron chi connectivity index (χ0n) is 65.9. The van der Waals surface area contributed by atoms with Gasteiger partial charge in [-0.3, -0.25) is 24.7 Å². The molecule has 536 valence electrons. The van der Waals surface area contributed by atoms with Gasteiger partial charge in [-0.15, -0.1) is 0 Å². The second-order valence-electron chi connectivity index (χ2n) is 38.6. The summed E-state index contributed by atoms with van der Waals surface area (Å²) < 4.78 is 5.06. The molecule has 3 saturated heterocycles. The Morgan fingerprint density at radius 2 is 0.711 bits per heavy atom. The number of allylic oxidation sites excluding steroid dienone is 5. The van der Waals surface area contributed by atoms with E-state index in [0.717, 1.165) is 81.7 Å². The van der Waals surface area contributed by atoms with Crippen LogP contribution in [0.25, 0.3) is 0 Å². The van der Waals surface area contributed by atoms with Crippen molar-refractivity contribution in [3.8, 4) is 0 Å². The average molecular weight is 1270 g/mol. The second-order valence-corrected chi connectivity index (χ2v) is 38.6. The Kier molecular flexibility index (Phi) is 44.8. The summed E-state index contributed by atoms with van der Waals surface area (Å²) in [5.74, 6) is 0.359. The van der Waals surface area contributed by atoms with Gasteiger partial charge in [0, 0.05) is 79.5 Å². The van der Waals surface area contributed by atoms with Crippen LogP contribution < -0.4 is 21.6 Å². The van der Waals surface area contributed by atoms with Crippen LogP contribution in [-0.4, -0.2) is 83.7 Å². The van der Waals surface area contributed by atoms with E-state index in [1.54, 1.807) is 0 Å². The van der Waals surface area contributed by atoms with Crippen LogP contribution in [0.3, 0.4) is 0 Å². The molecule has 3 rings (SSSR count). The van der Waals surface area contributed by atoms with Gasteiger partial charge in [0.25, 0.3) is 0 Å². The van der Waals surface area contributed by atoms with Crippen LogP contribution in [0.4, 0.5) is 0 Å². The summed E-state index contributed by atoms with van der Waals surface area (Å²) in [7, 11) is 0. The fourth-order valence-corrected chi connectivity index (χ4v) is 9.05. The lowest BCUT2D eigenvalue weighted by atomic mass is 9.85. The molecule has 0 radical (unpaired) electrons. The van der Waals surface area contributed by atoms with Gasteiger partial charge in [0.2, 0.25) is 5.91 Å². The zero-order chi connectivity index (χ0) is 71.1. The minimum Gasteiger partial charge on any atom is -0.384 e. The fourth-order valence-electron chi connectivity index (χ4n) is 9.05. The van der Waals surface area contributed by atoms with E-state index in [0.29, 0.717) is 46.3 Å². The predicted molar refractivity (Wildman–Crippen MR) is 399 cm³/mol. The van der Waals surface area contributed by atoms with Gasteiger partial charge in [-0.05, 0) is 183 Å². The number of hydrogen-bond acceptors (Lipinski definition) is 10. The summed E-state index contributed by atoms with van der Waals surface area (Å²) >= 11 is 0. The van der Waals surface area contributed by atoms with Crippen LogP contribution in [0.5, 0.6) is 0 Å². The lowest BCUT2D eigenvalue weighted by Crippen LogP contribution is -2.45. The minimum atomic E-state index is -0.322. The number of carbonyl (C=O) groups excluding carboxylic acids is 2.